The maximum absolute atomic E-state index is 6.54. The summed E-state index contributed by atoms with van der Waals surface area (Å²) in [5, 5.41) is 4.22. The van der Waals surface area contributed by atoms with E-state index in [9.17, 15) is 0 Å². The van der Waals surface area contributed by atoms with Crippen molar-refractivity contribution in [2.75, 3.05) is 0 Å². The quantitative estimate of drug-likeness (QED) is 0.176. The van der Waals surface area contributed by atoms with Crippen LogP contribution in [0.25, 0.3) is 100 Å². The van der Waals surface area contributed by atoms with Gasteiger partial charge in [0.25, 0.3) is 0 Å². The molecule has 4 heteroatoms. The Hall–Kier alpha value is -7.17. The summed E-state index contributed by atoms with van der Waals surface area (Å²) in [5.74, 6) is 1.81. The van der Waals surface area contributed by atoms with Crippen LogP contribution in [0, 0.1) is 0 Å². The summed E-state index contributed by atoms with van der Waals surface area (Å²) in [6.07, 6.45) is 0. The first-order valence-electron chi connectivity index (χ1n) is 17.8. The molecule has 0 unspecified atom stereocenters. The van der Waals surface area contributed by atoms with Crippen molar-refractivity contribution in [1.29, 1.82) is 0 Å². The summed E-state index contributed by atoms with van der Waals surface area (Å²) in [6.45, 7) is 0. The first kappa shape index (κ1) is 30.6. The zero-order valence-corrected chi connectivity index (χ0v) is 28.6. The lowest BCUT2D eigenvalue weighted by Gasteiger charge is -2.14. The lowest BCUT2D eigenvalue weighted by atomic mass is 9.94. The van der Waals surface area contributed by atoms with E-state index in [1.165, 1.54) is 22.3 Å². The number of nitrogens with zero attached hydrogens (tertiary/aromatic N) is 3. The predicted molar refractivity (Wildman–Crippen MR) is 217 cm³/mol. The number of hydrogen-bond acceptors (Lipinski definition) is 4. The van der Waals surface area contributed by atoms with Gasteiger partial charge in [0.2, 0.25) is 0 Å². The smallest absolute Gasteiger partial charge is 0.164 e. The van der Waals surface area contributed by atoms with E-state index in [-0.39, 0.29) is 0 Å². The predicted octanol–water partition coefficient (Wildman–Crippen LogP) is 12.9. The highest BCUT2D eigenvalue weighted by atomic mass is 16.3. The van der Waals surface area contributed by atoms with Crippen molar-refractivity contribution in [2.24, 2.45) is 0 Å². The van der Waals surface area contributed by atoms with E-state index in [0.29, 0.717) is 17.5 Å². The molecule has 0 aliphatic heterocycles. The molecule has 0 aliphatic carbocycles. The van der Waals surface area contributed by atoms with Crippen LogP contribution in [0.2, 0.25) is 0 Å². The first-order valence-corrected chi connectivity index (χ1v) is 17.8. The molecule has 0 aliphatic rings. The van der Waals surface area contributed by atoms with E-state index in [1.807, 2.05) is 60.7 Å². The fraction of sp³-hybridized carbons (Fsp3) is 0. The minimum absolute atomic E-state index is 0.587. The van der Waals surface area contributed by atoms with Crippen LogP contribution in [-0.2, 0) is 0 Å². The molecule has 0 fully saturated rings. The van der Waals surface area contributed by atoms with Crippen LogP contribution < -0.4 is 0 Å². The fourth-order valence-corrected chi connectivity index (χ4v) is 7.38. The zero-order chi connectivity index (χ0) is 35.1. The molecular formula is C49H31N3O. The summed E-state index contributed by atoms with van der Waals surface area (Å²) in [4.78, 5) is 15.7. The molecular weight excluding hydrogens is 647 g/mol. The molecule has 0 bridgehead atoms. The molecule has 0 saturated heterocycles. The number of fused-ring (bicyclic) bond motifs is 4. The van der Waals surface area contributed by atoms with Crippen LogP contribution in [0.5, 0.6) is 0 Å². The molecule has 8 aromatic carbocycles. The van der Waals surface area contributed by atoms with Crippen molar-refractivity contribution >= 4 is 32.7 Å². The minimum Gasteiger partial charge on any atom is -0.456 e. The molecule has 2 aromatic heterocycles. The van der Waals surface area contributed by atoms with Gasteiger partial charge >= 0.3 is 0 Å². The molecule has 2 heterocycles. The SMILES string of the molecule is c1ccc(-c2ccc(-c3cc(-c4nc(-c5ccccc5)nc(-c5ccc(-c6ccccc6)c6ccccc56)n4)c4c(c3)oc3ccccc34)cc2)cc1. The standard InChI is InChI=1S/C49H31N3O/c1-4-14-32(15-5-1)33-24-26-34(27-25-33)37-30-43(46-42-22-12-13-23-44(42)53-45(46)31-37)49-51-47(36-18-8-3-9-19-36)50-48(52-49)41-29-28-38(35-16-6-2-7-17-35)39-20-10-11-21-40(39)41/h1-31H. The van der Waals surface area contributed by atoms with Gasteiger partial charge in [-0.15, -0.1) is 0 Å². The normalized spacial score (nSPS) is 11.4. The maximum Gasteiger partial charge on any atom is 0.164 e. The number of rotatable bonds is 6. The van der Waals surface area contributed by atoms with Crippen LogP contribution >= 0.6 is 0 Å². The Bertz CT molecular complexity index is 2920. The van der Waals surface area contributed by atoms with Gasteiger partial charge in [-0.05, 0) is 68.4 Å². The topological polar surface area (TPSA) is 51.8 Å². The average molecular weight is 678 g/mol. The van der Waals surface area contributed by atoms with Crippen molar-refractivity contribution in [1.82, 2.24) is 15.0 Å². The summed E-state index contributed by atoms with van der Waals surface area (Å²) in [7, 11) is 0. The van der Waals surface area contributed by atoms with Gasteiger partial charge in [-0.3, -0.25) is 0 Å². The second kappa shape index (κ2) is 12.9. The summed E-state index contributed by atoms with van der Waals surface area (Å²) < 4.78 is 6.54. The van der Waals surface area contributed by atoms with E-state index in [0.717, 1.165) is 60.5 Å². The van der Waals surface area contributed by atoms with E-state index in [1.54, 1.807) is 0 Å². The van der Waals surface area contributed by atoms with E-state index >= 15 is 0 Å². The molecule has 10 rings (SSSR count). The number of benzene rings is 8. The van der Waals surface area contributed by atoms with Crippen LogP contribution in [0.15, 0.2) is 192 Å². The molecule has 0 atom stereocenters. The van der Waals surface area contributed by atoms with Crippen LogP contribution in [-0.4, -0.2) is 15.0 Å². The van der Waals surface area contributed by atoms with E-state index in [4.69, 9.17) is 19.4 Å². The number of furan rings is 1. The zero-order valence-electron chi connectivity index (χ0n) is 28.6. The first-order chi connectivity index (χ1) is 26.3. The third-order valence-corrected chi connectivity index (χ3v) is 9.96. The molecule has 0 spiro atoms. The Balaban J connectivity index is 1.21. The van der Waals surface area contributed by atoms with E-state index < -0.39 is 0 Å². The Morgan fingerprint density at radius 3 is 1.43 bits per heavy atom. The van der Waals surface area contributed by atoms with Gasteiger partial charge in [0.1, 0.15) is 11.2 Å². The van der Waals surface area contributed by atoms with Gasteiger partial charge in [0.15, 0.2) is 17.5 Å². The Morgan fingerprint density at radius 1 is 0.283 bits per heavy atom. The second-order valence-electron chi connectivity index (χ2n) is 13.2. The molecule has 53 heavy (non-hydrogen) atoms. The van der Waals surface area contributed by atoms with Crippen LogP contribution in [0.3, 0.4) is 0 Å². The molecule has 248 valence electrons. The van der Waals surface area contributed by atoms with Crippen LogP contribution in [0.1, 0.15) is 0 Å². The van der Waals surface area contributed by atoms with Gasteiger partial charge in [-0.25, -0.2) is 15.0 Å². The Kier molecular flexibility index (Phi) is 7.43. The lowest BCUT2D eigenvalue weighted by molar-refractivity contribution is 0.669. The summed E-state index contributed by atoms with van der Waals surface area (Å²) in [5.41, 5.74) is 11.1. The van der Waals surface area contributed by atoms with Gasteiger partial charge in [0.05, 0.1) is 0 Å². The third kappa shape index (κ3) is 5.54. The van der Waals surface area contributed by atoms with Crippen molar-refractivity contribution in [2.45, 2.75) is 0 Å². The molecule has 0 saturated carbocycles. The largest absolute Gasteiger partial charge is 0.456 e. The average Bonchev–Trinajstić information content (AvgIpc) is 3.62. The maximum atomic E-state index is 6.54. The summed E-state index contributed by atoms with van der Waals surface area (Å²) >= 11 is 0. The van der Waals surface area contributed by atoms with Crippen LogP contribution in [0.4, 0.5) is 0 Å². The Labute approximate surface area is 306 Å². The number of hydrogen-bond donors (Lipinski definition) is 0. The molecule has 4 nitrogen and oxygen atoms in total. The molecule has 0 radical (unpaired) electrons. The second-order valence-corrected chi connectivity index (χ2v) is 13.2. The van der Waals surface area contributed by atoms with Crippen molar-refractivity contribution in [3.63, 3.8) is 0 Å². The van der Waals surface area contributed by atoms with Crippen molar-refractivity contribution < 1.29 is 4.42 Å². The van der Waals surface area contributed by atoms with Crippen molar-refractivity contribution in [3.05, 3.63) is 188 Å². The third-order valence-electron chi connectivity index (χ3n) is 9.96. The fourth-order valence-electron chi connectivity index (χ4n) is 7.38. The number of aromatic nitrogens is 3. The minimum atomic E-state index is 0.587. The highest BCUT2D eigenvalue weighted by molar-refractivity contribution is 6.13. The van der Waals surface area contributed by atoms with E-state index in [2.05, 4.69) is 127 Å². The van der Waals surface area contributed by atoms with Gasteiger partial charge < -0.3 is 4.42 Å². The van der Waals surface area contributed by atoms with Gasteiger partial charge in [-0.1, -0.05) is 164 Å². The van der Waals surface area contributed by atoms with Crippen molar-refractivity contribution in [3.8, 4) is 67.5 Å². The highest BCUT2D eigenvalue weighted by Crippen LogP contribution is 2.41. The summed E-state index contributed by atoms with van der Waals surface area (Å²) in [6, 6.07) is 65.1. The monoisotopic (exact) mass is 677 g/mol. The molecule has 0 N–H and O–H groups in total. The molecule has 0 amide bonds. The number of para-hydroxylation sites is 1. The highest BCUT2D eigenvalue weighted by Gasteiger charge is 2.21. The van der Waals surface area contributed by atoms with Gasteiger partial charge in [0, 0.05) is 27.5 Å². The molecule has 10 aromatic rings. The lowest BCUT2D eigenvalue weighted by Crippen LogP contribution is -2.01. The van der Waals surface area contributed by atoms with Gasteiger partial charge in [-0.2, -0.15) is 0 Å². The Morgan fingerprint density at radius 2 is 0.755 bits per heavy atom.